The van der Waals surface area contributed by atoms with Gasteiger partial charge >= 0.3 is 5.97 Å². The minimum atomic E-state index is -0.428. The number of hydrogen-bond acceptors (Lipinski definition) is 4. The lowest BCUT2D eigenvalue weighted by Crippen LogP contribution is -2.64. The van der Waals surface area contributed by atoms with Crippen LogP contribution in [0.4, 0.5) is 0 Å². The van der Waals surface area contributed by atoms with Gasteiger partial charge in [0.1, 0.15) is 5.60 Å². The van der Waals surface area contributed by atoms with Gasteiger partial charge < -0.3 is 14.8 Å². The molecule has 2 saturated heterocycles. The fourth-order valence-corrected chi connectivity index (χ4v) is 2.23. The van der Waals surface area contributed by atoms with Crippen molar-refractivity contribution < 1.29 is 14.3 Å². The van der Waals surface area contributed by atoms with E-state index in [0.717, 1.165) is 32.4 Å². The minimum Gasteiger partial charge on any atom is -0.458 e. The maximum Gasteiger partial charge on any atom is 0.335 e. The van der Waals surface area contributed by atoms with Crippen molar-refractivity contribution in [1.82, 2.24) is 5.32 Å². The molecule has 2 fully saturated rings. The van der Waals surface area contributed by atoms with Crippen molar-refractivity contribution in [3.8, 4) is 0 Å². The highest BCUT2D eigenvalue weighted by molar-refractivity contribution is 5.75. The molecule has 16 heavy (non-hydrogen) atoms. The Morgan fingerprint density at radius 2 is 2.12 bits per heavy atom. The molecule has 92 valence electrons. The molecule has 0 saturated carbocycles. The number of rotatable bonds is 1. The van der Waals surface area contributed by atoms with E-state index in [1.807, 2.05) is 20.8 Å². The summed E-state index contributed by atoms with van der Waals surface area (Å²) >= 11 is 0. The number of carbonyl (C=O) groups excluding carboxylic acids is 1. The predicted octanol–water partition coefficient (Wildman–Crippen LogP) is 1.24. The Kier molecular flexibility index (Phi) is 2.97. The highest BCUT2D eigenvalue weighted by Gasteiger charge is 2.45. The minimum absolute atomic E-state index is 0.0835. The summed E-state index contributed by atoms with van der Waals surface area (Å²) in [4.78, 5) is 11.9. The Labute approximate surface area is 96.7 Å². The standard InChI is InChI=1S/C12H21NO3/c1-11(2,3)16-10(14)9-5-4-6-12(15-9)7-13-8-12/h9,13H,4-8H2,1-3H3. The second-order valence-electron chi connectivity index (χ2n) is 5.82. The molecular weight excluding hydrogens is 206 g/mol. The van der Waals surface area contributed by atoms with Crippen LogP contribution in [-0.4, -0.2) is 36.4 Å². The molecule has 0 aromatic heterocycles. The smallest absolute Gasteiger partial charge is 0.335 e. The van der Waals surface area contributed by atoms with Crippen molar-refractivity contribution in [3.05, 3.63) is 0 Å². The zero-order chi connectivity index (χ0) is 11.8. The molecule has 0 aliphatic carbocycles. The first-order valence-electron chi connectivity index (χ1n) is 6.02. The summed E-state index contributed by atoms with van der Waals surface area (Å²) in [5.74, 6) is -0.210. The molecule has 2 heterocycles. The maximum atomic E-state index is 11.9. The Hall–Kier alpha value is -0.610. The van der Waals surface area contributed by atoms with Crippen LogP contribution in [0, 0.1) is 0 Å². The van der Waals surface area contributed by atoms with Crippen molar-refractivity contribution in [1.29, 1.82) is 0 Å². The molecule has 1 atom stereocenters. The summed E-state index contributed by atoms with van der Waals surface area (Å²) in [5, 5.41) is 3.20. The van der Waals surface area contributed by atoms with Gasteiger partial charge in [0.25, 0.3) is 0 Å². The predicted molar refractivity (Wildman–Crippen MR) is 60.2 cm³/mol. The SMILES string of the molecule is CC(C)(C)OC(=O)C1CCCC2(CNC2)O1. The zero-order valence-corrected chi connectivity index (χ0v) is 10.3. The normalized spacial score (nSPS) is 28.6. The number of ether oxygens (including phenoxy) is 2. The molecular formula is C12H21NO3. The first-order valence-corrected chi connectivity index (χ1v) is 6.02. The summed E-state index contributed by atoms with van der Waals surface area (Å²) < 4.78 is 11.2. The molecule has 1 unspecified atom stereocenters. The van der Waals surface area contributed by atoms with E-state index in [1.54, 1.807) is 0 Å². The average Bonchev–Trinajstić information content (AvgIpc) is 2.13. The number of hydrogen-bond donors (Lipinski definition) is 1. The van der Waals surface area contributed by atoms with E-state index in [1.165, 1.54) is 0 Å². The van der Waals surface area contributed by atoms with Gasteiger partial charge in [0.05, 0.1) is 5.60 Å². The quantitative estimate of drug-likeness (QED) is 0.685. The third kappa shape index (κ3) is 2.55. The molecule has 4 nitrogen and oxygen atoms in total. The molecule has 0 amide bonds. The van der Waals surface area contributed by atoms with E-state index in [0.29, 0.717) is 0 Å². The maximum absolute atomic E-state index is 11.9. The van der Waals surface area contributed by atoms with Gasteiger partial charge in [-0.05, 0) is 40.0 Å². The van der Waals surface area contributed by atoms with E-state index in [2.05, 4.69) is 5.32 Å². The van der Waals surface area contributed by atoms with Crippen LogP contribution < -0.4 is 5.32 Å². The Morgan fingerprint density at radius 1 is 1.44 bits per heavy atom. The molecule has 4 heteroatoms. The molecule has 0 radical (unpaired) electrons. The van der Waals surface area contributed by atoms with Crippen LogP contribution in [0.5, 0.6) is 0 Å². The summed E-state index contributed by atoms with van der Waals surface area (Å²) in [6.07, 6.45) is 2.52. The lowest BCUT2D eigenvalue weighted by Gasteiger charge is -2.47. The van der Waals surface area contributed by atoms with E-state index < -0.39 is 5.60 Å². The van der Waals surface area contributed by atoms with Gasteiger partial charge in [-0.25, -0.2) is 4.79 Å². The lowest BCUT2D eigenvalue weighted by atomic mass is 9.86. The van der Waals surface area contributed by atoms with E-state index in [4.69, 9.17) is 9.47 Å². The van der Waals surface area contributed by atoms with Crippen molar-refractivity contribution >= 4 is 5.97 Å². The summed E-state index contributed by atoms with van der Waals surface area (Å²) in [6.45, 7) is 7.38. The molecule has 1 N–H and O–H groups in total. The first kappa shape index (κ1) is 11.9. The van der Waals surface area contributed by atoms with Gasteiger partial charge in [-0.3, -0.25) is 0 Å². The third-order valence-corrected chi connectivity index (χ3v) is 3.05. The third-order valence-electron chi connectivity index (χ3n) is 3.05. The van der Waals surface area contributed by atoms with Gasteiger partial charge in [-0.15, -0.1) is 0 Å². The van der Waals surface area contributed by atoms with Crippen LogP contribution >= 0.6 is 0 Å². The fraction of sp³-hybridized carbons (Fsp3) is 0.917. The van der Waals surface area contributed by atoms with Crippen LogP contribution in [0.25, 0.3) is 0 Å². The van der Waals surface area contributed by atoms with E-state index in [-0.39, 0.29) is 17.7 Å². The van der Waals surface area contributed by atoms with Gasteiger partial charge in [0.2, 0.25) is 0 Å². The van der Waals surface area contributed by atoms with Crippen LogP contribution in [0.3, 0.4) is 0 Å². The lowest BCUT2D eigenvalue weighted by molar-refractivity contribution is -0.197. The topological polar surface area (TPSA) is 47.6 Å². The molecule has 0 aromatic rings. The summed E-state index contributed by atoms with van der Waals surface area (Å²) in [5.41, 5.74) is -0.511. The molecule has 2 aliphatic rings. The number of nitrogens with one attached hydrogen (secondary N) is 1. The van der Waals surface area contributed by atoms with Crippen molar-refractivity contribution in [3.63, 3.8) is 0 Å². The highest BCUT2D eigenvalue weighted by Crippen LogP contribution is 2.32. The van der Waals surface area contributed by atoms with E-state index in [9.17, 15) is 4.79 Å². The van der Waals surface area contributed by atoms with E-state index >= 15 is 0 Å². The Balaban J connectivity index is 1.91. The second-order valence-corrected chi connectivity index (χ2v) is 5.82. The molecule has 2 aliphatic heterocycles. The molecule has 0 bridgehead atoms. The van der Waals surface area contributed by atoms with Crippen LogP contribution in [0.1, 0.15) is 40.0 Å². The Bertz CT molecular complexity index is 278. The van der Waals surface area contributed by atoms with Crippen molar-refractivity contribution in [2.24, 2.45) is 0 Å². The van der Waals surface area contributed by atoms with Crippen molar-refractivity contribution in [2.75, 3.05) is 13.1 Å². The Morgan fingerprint density at radius 3 is 2.62 bits per heavy atom. The van der Waals surface area contributed by atoms with Crippen LogP contribution in [0.15, 0.2) is 0 Å². The van der Waals surface area contributed by atoms with Gasteiger partial charge in [0, 0.05) is 13.1 Å². The van der Waals surface area contributed by atoms with Crippen LogP contribution in [-0.2, 0) is 14.3 Å². The largest absolute Gasteiger partial charge is 0.458 e. The van der Waals surface area contributed by atoms with Crippen molar-refractivity contribution in [2.45, 2.75) is 57.3 Å². The fourth-order valence-electron chi connectivity index (χ4n) is 2.23. The van der Waals surface area contributed by atoms with Crippen LogP contribution in [0.2, 0.25) is 0 Å². The first-order chi connectivity index (χ1) is 7.40. The number of esters is 1. The van der Waals surface area contributed by atoms with Gasteiger partial charge in [-0.1, -0.05) is 0 Å². The monoisotopic (exact) mass is 227 g/mol. The summed E-state index contributed by atoms with van der Waals surface area (Å²) in [6, 6.07) is 0. The number of carbonyl (C=O) groups is 1. The highest BCUT2D eigenvalue weighted by atomic mass is 16.6. The van der Waals surface area contributed by atoms with Gasteiger partial charge in [0.15, 0.2) is 6.10 Å². The van der Waals surface area contributed by atoms with Gasteiger partial charge in [-0.2, -0.15) is 0 Å². The molecule has 2 rings (SSSR count). The molecule has 0 aromatic carbocycles. The average molecular weight is 227 g/mol. The second kappa shape index (κ2) is 4.00. The summed E-state index contributed by atoms with van der Waals surface area (Å²) in [7, 11) is 0. The zero-order valence-electron chi connectivity index (χ0n) is 10.3. The molecule has 1 spiro atoms.